The first-order valence-corrected chi connectivity index (χ1v) is 10.9. The van der Waals surface area contributed by atoms with Crippen molar-refractivity contribution in [2.45, 2.75) is 56.5 Å². The number of benzene rings is 1. The number of hydrogen-bond acceptors (Lipinski definition) is 5. The molecule has 0 spiro atoms. The Labute approximate surface area is 176 Å². The molecule has 8 heteroatoms. The van der Waals surface area contributed by atoms with Gasteiger partial charge in [-0.1, -0.05) is 12.1 Å². The molecule has 3 aliphatic heterocycles. The fourth-order valence-electron chi connectivity index (χ4n) is 5.07. The summed E-state index contributed by atoms with van der Waals surface area (Å²) in [6, 6.07) is 6.40. The maximum Gasteiger partial charge on any atom is 0.239 e. The molecule has 3 fully saturated rings. The Balaban J connectivity index is 1.37. The third kappa shape index (κ3) is 4.50. The molecule has 2 amide bonds. The van der Waals surface area contributed by atoms with Crippen molar-refractivity contribution in [3.63, 3.8) is 0 Å². The van der Waals surface area contributed by atoms with Crippen molar-refractivity contribution in [3.05, 3.63) is 35.6 Å². The van der Waals surface area contributed by atoms with Crippen molar-refractivity contribution < 1.29 is 19.1 Å². The van der Waals surface area contributed by atoms with E-state index in [1.807, 2.05) is 7.05 Å². The van der Waals surface area contributed by atoms with Gasteiger partial charge in [-0.2, -0.15) is 0 Å². The molecule has 30 heavy (non-hydrogen) atoms. The van der Waals surface area contributed by atoms with Crippen LogP contribution >= 0.6 is 0 Å². The fraction of sp³-hybridized carbons (Fsp3) is 0.636. The Bertz CT molecular complexity index is 774. The van der Waals surface area contributed by atoms with Gasteiger partial charge in [-0.3, -0.25) is 19.4 Å². The van der Waals surface area contributed by atoms with Gasteiger partial charge in [-0.15, -0.1) is 0 Å². The van der Waals surface area contributed by atoms with E-state index in [4.69, 9.17) is 0 Å². The van der Waals surface area contributed by atoms with E-state index in [0.717, 1.165) is 18.5 Å². The van der Waals surface area contributed by atoms with Crippen LogP contribution < -0.4 is 5.32 Å². The van der Waals surface area contributed by atoms with E-state index in [2.05, 4.69) is 15.1 Å². The van der Waals surface area contributed by atoms with Crippen LogP contribution in [0, 0.1) is 5.82 Å². The van der Waals surface area contributed by atoms with E-state index in [1.165, 1.54) is 12.1 Å². The summed E-state index contributed by atoms with van der Waals surface area (Å²) in [4.78, 5) is 31.5. The Morgan fingerprint density at radius 1 is 1.23 bits per heavy atom. The third-order valence-corrected chi connectivity index (χ3v) is 6.86. The van der Waals surface area contributed by atoms with E-state index in [-0.39, 0.29) is 35.8 Å². The largest absolute Gasteiger partial charge is 0.391 e. The number of likely N-dealkylation sites (N-methyl/N-ethyl adjacent to an activating group) is 1. The van der Waals surface area contributed by atoms with Crippen molar-refractivity contribution >= 4 is 11.8 Å². The van der Waals surface area contributed by atoms with Gasteiger partial charge in [0.1, 0.15) is 11.9 Å². The molecule has 4 unspecified atom stereocenters. The maximum atomic E-state index is 13.2. The molecular weight excluding hydrogens is 387 g/mol. The van der Waals surface area contributed by atoms with Gasteiger partial charge in [0.15, 0.2) is 0 Å². The van der Waals surface area contributed by atoms with Crippen LogP contribution in [0.25, 0.3) is 0 Å². The quantitative estimate of drug-likeness (QED) is 0.731. The number of β-amino-alcohol motifs (C(OH)–C–C–N with tert-alkyl or cyclic N) is 1. The number of carbonyl (C=O) groups is 2. The van der Waals surface area contributed by atoms with Crippen LogP contribution in [0.2, 0.25) is 0 Å². The summed E-state index contributed by atoms with van der Waals surface area (Å²) in [5, 5.41) is 12.7. The van der Waals surface area contributed by atoms with Gasteiger partial charge in [0.2, 0.25) is 11.8 Å². The van der Waals surface area contributed by atoms with Crippen LogP contribution in [-0.2, 0) is 16.1 Å². The Morgan fingerprint density at radius 2 is 2.00 bits per heavy atom. The lowest BCUT2D eigenvalue weighted by atomic mass is 10.0. The first-order chi connectivity index (χ1) is 14.4. The second-order valence-electron chi connectivity index (χ2n) is 8.78. The number of hydrogen-bond donors (Lipinski definition) is 2. The zero-order valence-electron chi connectivity index (χ0n) is 17.5. The number of rotatable bonds is 5. The average Bonchev–Trinajstić information content (AvgIpc) is 3.32. The summed E-state index contributed by atoms with van der Waals surface area (Å²) in [6.45, 7) is 3.01. The molecule has 4 rings (SSSR count). The molecule has 0 aromatic heterocycles. The van der Waals surface area contributed by atoms with Crippen LogP contribution in [0.4, 0.5) is 4.39 Å². The van der Waals surface area contributed by atoms with Crippen molar-refractivity contribution in [3.8, 4) is 0 Å². The van der Waals surface area contributed by atoms with Gasteiger partial charge in [0.05, 0.1) is 6.10 Å². The monoisotopic (exact) mass is 418 g/mol. The molecule has 3 saturated heterocycles. The summed E-state index contributed by atoms with van der Waals surface area (Å²) in [6.07, 6.45) is 2.25. The maximum absolute atomic E-state index is 13.2. The van der Waals surface area contributed by atoms with Crippen LogP contribution in [0.3, 0.4) is 0 Å². The Hall–Kier alpha value is -2.03. The predicted molar refractivity (Wildman–Crippen MR) is 110 cm³/mol. The zero-order valence-corrected chi connectivity index (χ0v) is 17.5. The van der Waals surface area contributed by atoms with E-state index < -0.39 is 6.10 Å². The molecule has 4 atom stereocenters. The number of aliphatic hydroxyl groups excluding tert-OH is 1. The summed E-state index contributed by atoms with van der Waals surface area (Å²) < 4.78 is 13.2. The number of fused-ring (bicyclic) bond motifs is 1. The fourth-order valence-corrected chi connectivity index (χ4v) is 5.07. The second-order valence-corrected chi connectivity index (χ2v) is 8.78. The van der Waals surface area contributed by atoms with Gasteiger partial charge in [0, 0.05) is 51.2 Å². The number of nitrogens with zero attached hydrogens (tertiary/aromatic N) is 3. The Morgan fingerprint density at radius 3 is 2.70 bits per heavy atom. The van der Waals surface area contributed by atoms with Crippen LogP contribution in [-0.4, -0.2) is 89.1 Å². The lowest BCUT2D eigenvalue weighted by Gasteiger charge is -2.33. The third-order valence-electron chi connectivity index (χ3n) is 6.86. The van der Waals surface area contributed by atoms with Gasteiger partial charge in [-0.05, 0) is 44.0 Å². The minimum atomic E-state index is -0.403. The lowest BCUT2D eigenvalue weighted by molar-refractivity contribution is -0.131. The Kier molecular flexibility index (Phi) is 6.36. The molecule has 1 aromatic rings. The van der Waals surface area contributed by atoms with Gasteiger partial charge >= 0.3 is 0 Å². The van der Waals surface area contributed by atoms with Crippen molar-refractivity contribution in [1.29, 1.82) is 0 Å². The van der Waals surface area contributed by atoms with Gasteiger partial charge < -0.3 is 15.3 Å². The van der Waals surface area contributed by atoms with E-state index in [1.54, 1.807) is 17.0 Å². The van der Waals surface area contributed by atoms with Gasteiger partial charge in [-0.25, -0.2) is 4.39 Å². The highest BCUT2D eigenvalue weighted by Crippen LogP contribution is 2.28. The highest BCUT2D eigenvalue weighted by molar-refractivity contribution is 5.83. The van der Waals surface area contributed by atoms with Crippen LogP contribution in [0.5, 0.6) is 0 Å². The van der Waals surface area contributed by atoms with Crippen molar-refractivity contribution in [2.75, 3.05) is 33.2 Å². The predicted octanol–water partition coefficient (Wildman–Crippen LogP) is 0.572. The molecule has 7 nitrogen and oxygen atoms in total. The highest BCUT2D eigenvalue weighted by Gasteiger charge is 2.45. The number of carbonyl (C=O) groups excluding carboxylic acids is 2. The van der Waals surface area contributed by atoms with Crippen molar-refractivity contribution in [1.82, 2.24) is 20.0 Å². The first kappa shape index (κ1) is 21.2. The van der Waals surface area contributed by atoms with E-state index in [0.29, 0.717) is 45.4 Å². The average molecular weight is 419 g/mol. The summed E-state index contributed by atoms with van der Waals surface area (Å²) in [5.41, 5.74) is 0.992. The lowest BCUT2D eigenvalue weighted by Crippen LogP contribution is -2.49. The molecule has 1 aromatic carbocycles. The standard InChI is InChI=1S/C22H31FN4O3/c1-25-17(6-7-20(29)26-10-8-18(28)14-26)12-24-22(30)21-19(25)9-11-27(21)13-15-2-4-16(23)5-3-15/h2-5,17-19,21,28H,6-14H2,1H3,(H,24,30). The summed E-state index contributed by atoms with van der Waals surface area (Å²) in [5.74, 6) is -0.148. The van der Waals surface area contributed by atoms with E-state index in [9.17, 15) is 19.1 Å². The minimum absolute atomic E-state index is 0.0305. The second kappa shape index (κ2) is 8.99. The topological polar surface area (TPSA) is 76.1 Å². The minimum Gasteiger partial charge on any atom is -0.391 e. The molecule has 164 valence electrons. The number of likely N-dealkylation sites (tertiary alicyclic amines) is 2. The number of nitrogens with one attached hydrogen (secondary N) is 1. The molecule has 0 aliphatic carbocycles. The van der Waals surface area contributed by atoms with Crippen LogP contribution in [0.15, 0.2) is 24.3 Å². The molecule has 0 saturated carbocycles. The summed E-state index contributed by atoms with van der Waals surface area (Å²) in [7, 11) is 2.05. The smallest absolute Gasteiger partial charge is 0.239 e. The van der Waals surface area contributed by atoms with Gasteiger partial charge in [0.25, 0.3) is 0 Å². The van der Waals surface area contributed by atoms with Crippen LogP contribution in [0.1, 0.15) is 31.2 Å². The number of halogens is 1. The van der Waals surface area contributed by atoms with E-state index >= 15 is 0 Å². The molecule has 2 N–H and O–H groups in total. The summed E-state index contributed by atoms with van der Waals surface area (Å²) >= 11 is 0. The number of aliphatic hydroxyl groups is 1. The molecule has 3 heterocycles. The molecule has 3 aliphatic rings. The molecular formula is C22H31FN4O3. The first-order valence-electron chi connectivity index (χ1n) is 10.9. The highest BCUT2D eigenvalue weighted by atomic mass is 19.1. The van der Waals surface area contributed by atoms with Crippen molar-refractivity contribution in [2.24, 2.45) is 0 Å². The molecule has 0 radical (unpaired) electrons. The normalized spacial score (nSPS) is 30.2. The number of amides is 2. The SMILES string of the molecule is CN1C(CCC(=O)N2CCC(O)C2)CNC(=O)C2C1CCN2Cc1ccc(F)cc1. The molecule has 0 bridgehead atoms. The zero-order chi connectivity index (χ0) is 21.3.